The number of rotatable bonds is 8. The van der Waals surface area contributed by atoms with Crippen molar-refractivity contribution < 1.29 is 13.5 Å². The molecule has 1 aliphatic rings. The molecule has 1 saturated carbocycles. The summed E-state index contributed by atoms with van der Waals surface area (Å²) in [5.41, 5.74) is 2.21. The van der Waals surface area contributed by atoms with Gasteiger partial charge in [0.25, 0.3) is 0 Å². The van der Waals surface area contributed by atoms with Crippen LogP contribution in [0.1, 0.15) is 32.4 Å². The molecule has 0 atom stereocenters. The van der Waals surface area contributed by atoms with E-state index in [4.69, 9.17) is 5.11 Å². The number of aliphatic hydroxyl groups is 1. The minimum Gasteiger partial charge on any atom is -0.395 e. The third kappa shape index (κ3) is 3.91. The number of hydrogen-bond acceptors (Lipinski definition) is 7. The molecule has 1 fully saturated rings. The normalized spacial score (nSPS) is 14.8. The summed E-state index contributed by atoms with van der Waals surface area (Å²) >= 11 is 0. The van der Waals surface area contributed by atoms with Crippen LogP contribution in [0.15, 0.2) is 30.3 Å². The highest BCUT2D eigenvalue weighted by molar-refractivity contribution is 7.93. The molecule has 0 spiro atoms. The molecule has 0 aliphatic heterocycles. The Balaban J connectivity index is 2.07. The lowest BCUT2D eigenvalue weighted by molar-refractivity contribution is 0.311. The van der Waals surface area contributed by atoms with E-state index in [-0.39, 0.29) is 11.9 Å². The van der Waals surface area contributed by atoms with E-state index in [2.05, 4.69) is 20.6 Å². The Morgan fingerprint density at radius 3 is 2.41 bits per heavy atom. The molecule has 8 heteroatoms. The molecule has 146 valence electrons. The standard InChI is InChI=1S/C19H26N4O3S/c1-19(2,27(25,26)15-8-9-15)16-12-17(21-10-11-24)23-18(22-16)13-4-6-14(20-3)7-5-13/h4-7,12,15,20,24H,8-11H2,1-3H3,(H,21,22,23). The fraction of sp³-hybridized carbons (Fsp3) is 0.474. The van der Waals surface area contributed by atoms with Crippen molar-refractivity contribution in [3.05, 3.63) is 36.0 Å². The average molecular weight is 391 g/mol. The van der Waals surface area contributed by atoms with Crippen molar-refractivity contribution in [3.8, 4) is 11.4 Å². The van der Waals surface area contributed by atoms with E-state index >= 15 is 0 Å². The lowest BCUT2D eigenvalue weighted by Gasteiger charge is -2.25. The lowest BCUT2D eigenvalue weighted by atomic mass is 10.1. The quantitative estimate of drug-likeness (QED) is 0.636. The van der Waals surface area contributed by atoms with E-state index in [1.807, 2.05) is 31.3 Å². The second-order valence-corrected chi connectivity index (χ2v) is 9.97. The molecule has 0 amide bonds. The zero-order chi connectivity index (χ0) is 19.7. The van der Waals surface area contributed by atoms with E-state index in [0.717, 1.165) is 11.3 Å². The van der Waals surface area contributed by atoms with Crippen LogP contribution >= 0.6 is 0 Å². The fourth-order valence-electron chi connectivity index (χ4n) is 2.89. The van der Waals surface area contributed by atoms with Crippen LogP contribution in [0.2, 0.25) is 0 Å². The summed E-state index contributed by atoms with van der Waals surface area (Å²) in [6, 6.07) is 9.28. The van der Waals surface area contributed by atoms with Crippen LogP contribution in [-0.4, -0.2) is 48.9 Å². The molecule has 0 bridgehead atoms. The van der Waals surface area contributed by atoms with Gasteiger partial charge in [0, 0.05) is 30.9 Å². The lowest BCUT2D eigenvalue weighted by Crippen LogP contribution is -2.33. The van der Waals surface area contributed by atoms with Crippen LogP contribution in [0.25, 0.3) is 11.4 Å². The van der Waals surface area contributed by atoms with Crippen molar-refractivity contribution in [1.82, 2.24) is 9.97 Å². The van der Waals surface area contributed by atoms with Gasteiger partial charge in [-0.3, -0.25) is 0 Å². The Bertz CT molecular complexity index is 907. The maximum absolute atomic E-state index is 12.9. The van der Waals surface area contributed by atoms with Gasteiger partial charge in [-0.1, -0.05) is 0 Å². The number of anilines is 2. The second kappa shape index (κ2) is 7.44. The molecule has 27 heavy (non-hydrogen) atoms. The van der Waals surface area contributed by atoms with E-state index in [9.17, 15) is 8.42 Å². The number of hydrogen-bond donors (Lipinski definition) is 3. The van der Waals surface area contributed by atoms with Gasteiger partial charge in [-0.2, -0.15) is 0 Å². The maximum atomic E-state index is 12.9. The van der Waals surface area contributed by atoms with Gasteiger partial charge in [-0.05, 0) is 51.0 Å². The van der Waals surface area contributed by atoms with E-state index < -0.39 is 14.6 Å². The summed E-state index contributed by atoms with van der Waals surface area (Å²) in [6.07, 6.45) is 1.43. The van der Waals surface area contributed by atoms with Crippen LogP contribution in [0.3, 0.4) is 0 Å². The zero-order valence-electron chi connectivity index (χ0n) is 15.9. The van der Waals surface area contributed by atoms with Crippen molar-refractivity contribution in [3.63, 3.8) is 0 Å². The molecular formula is C19H26N4O3S. The van der Waals surface area contributed by atoms with Crippen LogP contribution in [0, 0.1) is 0 Å². The number of aliphatic hydroxyl groups excluding tert-OH is 1. The van der Waals surface area contributed by atoms with Crippen molar-refractivity contribution >= 4 is 21.3 Å². The number of sulfone groups is 1. The molecule has 1 aromatic carbocycles. The Labute approximate surface area is 160 Å². The topological polar surface area (TPSA) is 104 Å². The SMILES string of the molecule is CNc1ccc(-c2nc(NCCO)cc(C(C)(C)S(=O)(=O)C3CC3)n2)cc1. The first-order chi connectivity index (χ1) is 12.8. The predicted octanol–water partition coefficient (Wildman–Crippen LogP) is 2.40. The molecular weight excluding hydrogens is 364 g/mol. The van der Waals surface area contributed by atoms with Crippen molar-refractivity contribution in [2.24, 2.45) is 0 Å². The number of nitrogens with one attached hydrogen (secondary N) is 2. The van der Waals surface area contributed by atoms with Crippen LogP contribution in [-0.2, 0) is 14.6 Å². The van der Waals surface area contributed by atoms with Gasteiger partial charge in [0.15, 0.2) is 15.7 Å². The average Bonchev–Trinajstić information content (AvgIpc) is 3.52. The maximum Gasteiger partial charge on any atom is 0.164 e. The first-order valence-corrected chi connectivity index (χ1v) is 10.6. The predicted molar refractivity (Wildman–Crippen MR) is 108 cm³/mol. The Morgan fingerprint density at radius 1 is 1.19 bits per heavy atom. The molecule has 3 rings (SSSR count). The molecule has 0 saturated heterocycles. The smallest absolute Gasteiger partial charge is 0.164 e. The minimum atomic E-state index is -3.34. The Kier molecular flexibility index (Phi) is 5.39. The monoisotopic (exact) mass is 390 g/mol. The Hall–Kier alpha value is -2.19. The summed E-state index contributed by atoms with van der Waals surface area (Å²) in [6.45, 7) is 3.68. The summed E-state index contributed by atoms with van der Waals surface area (Å²) in [4.78, 5) is 9.11. The molecule has 1 aromatic heterocycles. The fourth-order valence-corrected chi connectivity index (χ4v) is 4.87. The highest BCUT2D eigenvalue weighted by Crippen LogP contribution is 2.41. The van der Waals surface area contributed by atoms with Crippen molar-refractivity contribution in [2.45, 2.75) is 36.7 Å². The molecule has 0 unspecified atom stereocenters. The highest BCUT2D eigenvalue weighted by atomic mass is 32.2. The van der Waals surface area contributed by atoms with Gasteiger partial charge in [0.1, 0.15) is 10.6 Å². The van der Waals surface area contributed by atoms with Gasteiger partial charge in [-0.15, -0.1) is 0 Å². The summed E-state index contributed by atoms with van der Waals surface area (Å²) in [5.74, 6) is 0.954. The zero-order valence-corrected chi connectivity index (χ0v) is 16.7. The number of nitrogens with zero attached hydrogens (tertiary/aromatic N) is 2. The molecule has 7 nitrogen and oxygen atoms in total. The molecule has 2 aromatic rings. The summed E-state index contributed by atoms with van der Waals surface area (Å²) in [5, 5.41) is 14.9. The van der Waals surface area contributed by atoms with Crippen LogP contribution < -0.4 is 10.6 Å². The third-order valence-corrected chi connectivity index (χ3v) is 7.85. The molecule has 3 N–H and O–H groups in total. The minimum absolute atomic E-state index is 0.0463. The van der Waals surface area contributed by atoms with Gasteiger partial charge in [0.2, 0.25) is 0 Å². The van der Waals surface area contributed by atoms with Gasteiger partial charge in [0.05, 0.1) is 17.6 Å². The van der Waals surface area contributed by atoms with Crippen molar-refractivity contribution in [1.29, 1.82) is 0 Å². The largest absolute Gasteiger partial charge is 0.395 e. The van der Waals surface area contributed by atoms with Gasteiger partial charge >= 0.3 is 0 Å². The number of aromatic nitrogens is 2. The molecule has 0 radical (unpaired) electrons. The molecule has 1 heterocycles. The Morgan fingerprint density at radius 2 is 1.85 bits per heavy atom. The first kappa shape index (κ1) is 19.6. The van der Waals surface area contributed by atoms with E-state index in [1.165, 1.54) is 0 Å². The summed E-state index contributed by atoms with van der Waals surface area (Å²) < 4.78 is 24.8. The summed E-state index contributed by atoms with van der Waals surface area (Å²) in [7, 11) is -1.50. The van der Waals surface area contributed by atoms with Crippen LogP contribution in [0.4, 0.5) is 11.5 Å². The third-order valence-electron chi connectivity index (χ3n) is 4.87. The van der Waals surface area contributed by atoms with Crippen molar-refractivity contribution in [2.75, 3.05) is 30.8 Å². The van der Waals surface area contributed by atoms with E-state index in [0.29, 0.717) is 36.7 Å². The second-order valence-electron chi connectivity index (χ2n) is 7.19. The number of benzene rings is 1. The van der Waals surface area contributed by atoms with E-state index in [1.54, 1.807) is 19.9 Å². The van der Waals surface area contributed by atoms with Gasteiger partial charge < -0.3 is 15.7 Å². The molecule has 1 aliphatic carbocycles. The van der Waals surface area contributed by atoms with Crippen LogP contribution in [0.5, 0.6) is 0 Å². The van der Waals surface area contributed by atoms with Gasteiger partial charge in [-0.25, -0.2) is 18.4 Å². The highest BCUT2D eigenvalue weighted by Gasteiger charge is 2.48. The first-order valence-electron chi connectivity index (χ1n) is 9.05.